The first kappa shape index (κ1) is 23.8. The lowest BCUT2D eigenvalue weighted by Gasteiger charge is -2.46. The Morgan fingerprint density at radius 2 is 1.17 bits per heavy atom. The van der Waals surface area contributed by atoms with Gasteiger partial charge in [-0.25, -0.2) is 0 Å². The average Bonchev–Trinajstić information content (AvgIpc) is 2.20. The molecule has 0 aromatic heterocycles. The normalized spacial score (nSPS) is 15.5. The van der Waals surface area contributed by atoms with Gasteiger partial charge in [0.2, 0.25) is 0 Å². The third-order valence-corrected chi connectivity index (χ3v) is 6.70. The summed E-state index contributed by atoms with van der Waals surface area (Å²) in [6, 6.07) is 0. The van der Waals surface area contributed by atoms with Gasteiger partial charge >= 0.3 is 8.80 Å². The van der Waals surface area contributed by atoms with Crippen molar-refractivity contribution in [2.75, 3.05) is 6.61 Å². The Bertz CT molecular complexity index is 358. The molecule has 144 valence electrons. The Hall–Kier alpha value is -0.203. The molecule has 0 aliphatic heterocycles. The summed E-state index contributed by atoms with van der Waals surface area (Å²) in [4.78, 5) is 0. The van der Waals surface area contributed by atoms with Crippen LogP contribution in [0.15, 0.2) is 12.2 Å². The highest BCUT2D eigenvalue weighted by Gasteiger charge is 2.56. The molecule has 0 heterocycles. The molecule has 24 heavy (non-hydrogen) atoms. The van der Waals surface area contributed by atoms with Crippen molar-refractivity contribution in [2.24, 2.45) is 0 Å². The Morgan fingerprint density at radius 1 is 0.833 bits per heavy atom. The molecule has 4 nitrogen and oxygen atoms in total. The molecular formula is C19H40O4Si. The first-order valence-electron chi connectivity index (χ1n) is 8.86. The molecule has 1 unspecified atom stereocenters. The van der Waals surface area contributed by atoms with Gasteiger partial charge in [0, 0.05) is 0 Å². The van der Waals surface area contributed by atoms with Crippen LogP contribution in [0.25, 0.3) is 0 Å². The topological polar surface area (TPSA) is 36.9 Å². The molecule has 0 amide bonds. The zero-order valence-electron chi connectivity index (χ0n) is 17.8. The molecule has 0 aromatic rings. The lowest BCUT2D eigenvalue weighted by atomic mass is 10.2. The van der Waals surface area contributed by atoms with Crippen LogP contribution in [0.1, 0.15) is 82.6 Å². The maximum atomic E-state index is 6.50. The summed E-state index contributed by atoms with van der Waals surface area (Å²) in [5.74, 6) is 0. The Balaban J connectivity index is 5.95. The molecule has 1 atom stereocenters. The highest BCUT2D eigenvalue weighted by Crippen LogP contribution is 2.33. The number of hydrogen-bond acceptors (Lipinski definition) is 4. The third-order valence-electron chi connectivity index (χ3n) is 2.64. The molecule has 0 saturated carbocycles. The van der Waals surface area contributed by atoms with Gasteiger partial charge < -0.3 is 18.0 Å². The van der Waals surface area contributed by atoms with Crippen LogP contribution in [-0.4, -0.2) is 37.9 Å². The fourth-order valence-electron chi connectivity index (χ4n) is 2.25. The maximum Gasteiger partial charge on any atom is 0.532 e. The van der Waals surface area contributed by atoms with E-state index in [0.29, 0.717) is 6.61 Å². The van der Waals surface area contributed by atoms with Crippen LogP contribution >= 0.6 is 0 Å². The number of rotatable bonds is 8. The van der Waals surface area contributed by atoms with Crippen LogP contribution in [0, 0.1) is 0 Å². The van der Waals surface area contributed by atoms with Gasteiger partial charge in [-0.15, -0.1) is 0 Å². The standard InChI is InChI=1S/C19H40O4Si/c1-13-16(20-14-15(2)3)24(21-17(4,5)6,22-18(7,8)9)23-19(10,11)12/h16H,2,13-14H2,1,3-12H3. The van der Waals surface area contributed by atoms with Crippen molar-refractivity contribution in [1.29, 1.82) is 0 Å². The monoisotopic (exact) mass is 360 g/mol. The Morgan fingerprint density at radius 3 is 1.38 bits per heavy atom. The van der Waals surface area contributed by atoms with E-state index < -0.39 is 25.6 Å². The van der Waals surface area contributed by atoms with Crippen LogP contribution in [-0.2, 0) is 18.0 Å². The van der Waals surface area contributed by atoms with Gasteiger partial charge in [0.1, 0.15) is 5.73 Å². The Kier molecular flexibility index (Phi) is 8.38. The van der Waals surface area contributed by atoms with E-state index in [1.807, 2.05) is 69.2 Å². The predicted octanol–water partition coefficient (Wildman–Crippen LogP) is 5.28. The minimum Gasteiger partial charge on any atom is -0.369 e. The second-order valence-electron chi connectivity index (χ2n) is 9.41. The van der Waals surface area contributed by atoms with Crippen LogP contribution in [0.4, 0.5) is 0 Å². The zero-order chi connectivity index (χ0) is 19.4. The van der Waals surface area contributed by atoms with E-state index in [1.54, 1.807) is 0 Å². The predicted molar refractivity (Wildman–Crippen MR) is 103 cm³/mol. The first-order valence-corrected chi connectivity index (χ1v) is 10.7. The summed E-state index contributed by atoms with van der Waals surface area (Å²) in [5.41, 5.74) is -0.473. The molecule has 0 N–H and O–H groups in total. The van der Waals surface area contributed by atoms with E-state index >= 15 is 0 Å². The van der Waals surface area contributed by atoms with Gasteiger partial charge in [-0.1, -0.05) is 19.1 Å². The van der Waals surface area contributed by atoms with Gasteiger partial charge in [-0.2, -0.15) is 0 Å². The molecule has 0 saturated heterocycles. The largest absolute Gasteiger partial charge is 0.532 e. The van der Waals surface area contributed by atoms with Gasteiger partial charge in [-0.05, 0) is 75.7 Å². The third kappa shape index (κ3) is 9.94. The molecule has 0 aromatic carbocycles. The van der Waals surface area contributed by atoms with Crippen molar-refractivity contribution in [3.05, 3.63) is 12.2 Å². The lowest BCUT2D eigenvalue weighted by Crippen LogP contribution is -2.65. The molecule has 0 bridgehead atoms. The first-order chi connectivity index (χ1) is 10.5. The highest BCUT2D eigenvalue weighted by atomic mass is 28.4. The summed E-state index contributed by atoms with van der Waals surface area (Å²) in [6.07, 6.45) is 0.752. The summed E-state index contributed by atoms with van der Waals surface area (Å²) < 4.78 is 25.7. The molecule has 0 aliphatic carbocycles. The van der Waals surface area contributed by atoms with Crippen LogP contribution in [0.5, 0.6) is 0 Å². The van der Waals surface area contributed by atoms with E-state index in [2.05, 4.69) is 13.5 Å². The van der Waals surface area contributed by atoms with Crippen LogP contribution in [0.2, 0.25) is 0 Å². The average molecular weight is 361 g/mol. The van der Waals surface area contributed by atoms with Crippen molar-refractivity contribution in [3.63, 3.8) is 0 Å². The van der Waals surface area contributed by atoms with E-state index in [-0.39, 0.29) is 5.73 Å². The zero-order valence-corrected chi connectivity index (χ0v) is 18.8. The van der Waals surface area contributed by atoms with Crippen molar-refractivity contribution < 1.29 is 18.0 Å². The second-order valence-corrected chi connectivity index (χ2v) is 11.9. The smallest absolute Gasteiger partial charge is 0.369 e. The summed E-state index contributed by atoms with van der Waals surface area (Å²) in [7, 11) is -3.16. The van der Waals surface area contributed by atoms with Gasteiger partial charge in [0.25, 0.3) is 0 Å². The van der Waals surface area contributed by atoms with Gasteiger partial charge in [0.15, 0.2) is 0 Å². The minimum absolute atomic E-state index is 0.244. The molecular weight excluding hydrogens is 320 g/mol. The molecule has 0 rings (SSSR count). The Labute approximate surface area is 151 Å². The maximum absolute atomic E-state index is 6.50. The fraction of sp³-hybridized carbons (Fsp3) is 0.895. The van der Waals surface area contributed by atoms with Crippen LogP contribution in [0.3, 0.4) is 0 Å². The number of hydrogen-bond donors (Lipinski definition) is 0. The van der Waals surface area contributed by atoms with E-state index in [1.165, 1.54) is 0 Å². The molecule has 0 fully saturated rings. The quantitative estimate of drug-likeness (QED) is 0.436. The second kappa shape index (κ2) is 8.45. The van der Waals surface area contributed by atoms with Crippen molar-refractivity contribution in [3.8, 4) is 0 Å². The lowest BCUT2D eigenvalue weighted by molar-refractivity contribution is -0.106. The van der Waals surface area contributed by atoms with Crippen molar-refractivity contribution in [2.45, 2.75) is 105 Å². The summed E-state index contributed by atoms with van der Waals surface area (Å²) >= 11 is 0. The van der Waals surface area contributed by atoms with Gasteiger partial charge in [-0.3, -0.25) is 0 Å². The fourth-order valence-corrected chi connectivity index (χ4v) is 6.12. The number of ether oxygens (including phenoxy) is 1. The SMILES string of the molecule is C=C(C)COC(CC)[Si](OC(C)(C)C)(OC(C)(C)C)OC(C)(C)C. The minimum atomic E-state index is -3.16. The molecule has 5 heteroatoms. The molecule has 0 aliphatic rings. The van der Waals surface area contributed by atoms with E-state index in [0.717, 1.165) is 12.0 Å². The van der Waals surface area contributed by atoms with Crippen molar-refractivity contribution in [1.82, 2.24) is 0 Å². The van der Waals surface area contributed by atoms with E-state index in [4.69, 9.17) is 18.0 Å². The van der Waals surface area contributed by atoms with E-state index in [9.17, 15) is 0 Å². The van der Waals surface area contributed by atoms with Crippen molar-refractivity contribution >= 4 is 8.80 Å². The highest BCUT2D eigenvalue weighted by molar-refractivity contribution is 6.62. The molecule has 0 radical (unpaired) electrons. The molecule has 0 spiro atoms. The van der Waals surface area contributed by atoms with Crippen LogP contribution < -0.4 is 0 Å². The summed E-state index contributed by atoms with van der Waals surface area (Å²) in [6.45, 7) is 26.7. The van der Waals surface area contributed by atoms with Gasteiger partial charge in [0.05, 0.1) is 23.4 Å². The summed E-state index contributed by atoms with van der Waals surface area (Å²) in [5, 5.41) is 0.